The minimum atomic E-state index is -0.133. The van der Waals surface area contributed by atoms with Crippen LogP contribution in [0.1, 0.15) is 12.8 Å². The smallest absolute Gasteiger partial charge is 0.0337 e. The molecule has 6 heavy (non-hydrogen) atoms. The van der Waals surface area contributed by atoms with Gasteiger partial charge < -0.3 is 0 Å². The first-order valence-electron chi connectivity index (χ1n) is 2.80. The molecule has 0 saturated heterocycles. The van der Waals surface area contributed by atoms with Gasteiger partial charge in [0.2, 0.25) is 0 Å². The van der Waals surface area contributed by atoms with Crippen LogP contribution in [-0.4, -0.2) is 8.80 Å². The molecule has 1 fully saturated rings. The van der Waals surface area contributed by atoms with E-state index in [0.29, 0.717) is 0 Å². The summed E-state index contributed by atoms with van der Waals surface area (Å²) in [6, 6.07) is 0. The first kappa shape index (κ1) is 4.38. The Morgan fingerprint density at radius 2 is 1.83 bits per heavy atom. The van der Waals surface area contributed by atoms with E-state index in [4.69, 9.17) is 0 Å². The molecule has 1 aliphatic rings. The Morgan fingerprint density at radius 1 is 1.33 bits per heavy atom. The zero-order valence-electron chi connectivity index (χ0n) is 4.57. The van der Waals surface area contributed by atoms with E-state index in [1.807, 2.05) is 0 Å². The van der Waals surface area contributed by atoms with E-state index >= 15 is 0 Å². The zero-order chi connectivity index (χ0) is 4.57. The van der Waals surface area contributed by atoms with Crippen molar-refractivity contribution in [3.8, 4) is 0 Å². The Bertz CT molecular complexity index is 45.9. The molecule has 0 spiro atoms. The highest BCUT2D eigenvalue weighted by Crippen LogP contribution is 2.38. The molecule has 0 aromatic carbocycles. The molecule has 0 heterocycles. The molecule has 1 rings (SSSR count). The maximum atomic E-state index is 2.44. The van der Waals surface area contributed by atoms with Gasteiger partial charge in [-0.25, -0.2) is 0 Å². The van der Waals surface area contributed by atoms with Crippen molar-refractivity contribution in [2.45, 2.75) is 31.5 Å². The summed E-state index contributed by atoms with van der Waals surface area (Å²) in [6.07, 6.45) is 3.12. The van der Waals surface area contributed by atoms with Crippen molar-refractivity contribution < 1.29 is 0 Å². The van der Waals surface area contributed by atoms with Crippen molar-refractivity contribution in [2.75, 3.05) is 0 Å². The monoisotopic (exact) mass is 100 g/mol. The quantitative estimate of drug-likeness (QED) is 0.439. The van der Waals surface area contributed by atoms with Crippen molar-refractivity contribution in [1.29, 1.82) is 0 Å². The lowest BCUT2D eigenvalue weighted by Gasteiger charge is -1.91. The van der Waals surface area contributed by atoms with Crippen molar-refractivity contribution in [3.05, 3.63) is 0 Å². The van der Waals surface area contributed by atoms with E-state index in [1.165, 1.54) is 5.54 Å². The second-order valence-corrected chi connectivity index (χ2v) is 6.01. The van der Waals surface area contributed by atoms with Gasteiger partial charge in [-0.1, -0.05) is 25.9 Å². The minimum absolute atomic E-state index is 0.133. The molecule has 0 nitrogen and oxygen atoms in total. The third-order valence-corrected chi connectivity index (χ3v) is 4.12. The minimum Gasteiger partial charge on any atom is -0.0720 e. The predicted molar refractivity (Wildman–Crippen MR) is 31.9 cm³/mol. The normalized spacial score (nSPS) is 22.5. The maximum Gasteiger partial charge on any atom is 0.0337 e. The fraction of sp³-hybridized carbons (Fsp3) is 1.00. The van der Waals surface area contributed by atoms with Crippen LogP contribution in [0.25, 0.3) is 0 Å². The van der Waals surface area contributed by atoms with Crippen LogP contribution in [0.5, 0.6) is 0 Å². The second kappa shape index (κ2) is 1.37. The number of hydrogen-bond acceptors (Lipinski definition) is 0. The summed E-state index contributed by atoms with van der Waals surface area (Å²) >= 11 is 0. The van der Waals surface area contributed by atoms with E-state index in [-0.39, 0.29) is 8.80 Å². The first-order chi connectivity index (χ1) is 2.80. The molecule has 0 aromatic heterocycles. The summed E-state index contributed by atoms with van der Waals surface area (Å²) in [5.41, 5.74) is 1.24. The highest BCUT2D eigenvalue weighted by molar-refractivity contribution is 6.58. The zero-order valence-corrected chi connectivity index (χ0v) is 5.72. The molecular weight excluding hydrogens is 88.1 g/mol. The molecular formula is C5H12Si. The summed E-state index contributed by atoms with van der Waals surface area (Å²) in [5, 5.41) is 0. The van der Waals surface area contributed by atoms with Gasteiger partial charge in [-0.05, 0) is 5.54 Å². The molecule has 0 aromatic rings. The van der Waals surface area contributed by atoms with Gasteiger partial charge in [-0.2, -0.15) is 0 Å². The van der Waals surface area contributed by atoms with Gasteiger partial charge in [0.05, 0.1) is 0 Å². The summed E-state index contributed by atoms with van der Waals surface area (Å²) in [6.45, 7) is 4.88. The molecule has 0 N–H and O–H groups in total. The van der Waals surface area contributed by atoms with E-state index in [9.17, 15) is 0 Å². The van der Waals surface area contributed by atoms with Gasteiger partial charge >= 0.3 is 0 Å². The standard InChI is InChI=1S/C5H12Si/c1-6(2)5-3-4-5/h5-6H,3-4H2,1-2H3. The predicted octanol–water partition coefficient (Wildman–Crippen LogP) is 1.64. The lowest BCUT2D eigenvalue weighted by Crippen LogP contribution is -1.96. The van der Waals surface area contributed by atoms with Crippen molar-refractivity contribution in [2.24, 2.45) is 0 Å². The first-order valence-corrected chi connectivity index (χ1v) is 5.78. The fourth-order valence-corrected chi connectivity index (χ4v) is 2.29. The Labute approximate surface area is 41.2 Å². The van der Waals surface area contributed by atoms with Gasteiger partial charge in [0.15, 0.2) is 0 Å². The molecule has 0 bridgehead atoms. The maximum absolute atomic E-state index is 2.44. The Balaban J connectivity index is 2.13. The average Bonchev–Trinajstić information content (AvgIpc) is 2.06. The fourth-order valence-electron chi connectivity index (χ4n) is 0.763. The summed E-state index contributed by atoms with van der Waals surface area (Å²) < 4.78 is 0. The van der Waals surface area contributed by atoms with Gasteiger partial charge in [0, 0.05) is 8.80 Å². The van der Waals surface area contributed by atoms with E-state index in [1.54, 1.807) is 12.8 Å². The van der Waals surface area contributed by atoms with Crippen LogP contribution in [0.4, 0.5) is 0 Å². The van der Waals surface area contributed by atoms with Gasteiger partial charge in [-0.15, -0.1) is 0 Å². The van der Waals surface area contributed by atoms with Crippen LogP contribution < -0.4 is 0 Å². The Kier molecular flexibility index (Phi) is 1.00. The third kappa shape index (κ3) is 0.838. The molecule has 36 valence electrons. The molecule has 1 saturated carbocycles. The topological polar surface area (TPSA) is 0 Å². The van der Waals surface area contributed by atoms with Crippen LogP contribution >= 0.6 is 0 Å². The van der Waals surface area contributed by atoms with Crippen LogP contribution in [0.3, 0.4) is 0 Å². The summed E-state index contributed by atoms with van der Waals surface area (Å²) in [7, 11) is -0.133. The van der Waals surface area contributed by atoms with Crippen LogP contribution in [0, 0.1) is 0 Å². The van der Waals surface area contributed by atoms with E-state index < -0.39 is 0 Å². The molecule has 1 heteroatoms. The molecule has 1 aliphatic carbocycles. The molecule has 0 unspecified atom stereocenters. The molecule has 0 radical (unpaired) electrons. The second-order valence-electron chi connectivity index (χ2n) is 2.58. The van der Waals surface area contributed by atoms with Crippen molar-refractivity contribution in [3.63, 3.8) is 0 Å². The Hall–Kier alpha value is 0.217. The van der Waals surface area contributed by atoms with Crippen molar-refractivity contribution in [1.82, 2.24) is 0 Å². The third-order valence-electron chi connectivity index (χ3n) is 1.56. The lowest BCUT2D eigenvalue weighted by molar-refractivity contribution is 1.39. The van der Waals surface area contributed by atoms with Crippen LogP contribution in [-0.2, 0) is 0 Å². The van der Waals surface area contributed by atoms with Crippen LogP contribution in [0.2, 0.25) is 18.6 Å². The SMILES string of the molecule is C[SiH](C)C1CC1. The van der Waals surface area contributed by atoms with E-state index in [0.717, 1.165) is 0 Å². The highest BCUT2D eigenvalue weighted by Gasteiger charge is 2.24. The highest BCUT2D eigenvalue weighted by atomic mass is 28.3. The lowest BCUT2D eigenvalue weighted by atomic mass is 11.0. The van der Waals surface area contributed by atoms with Crippen LogP contribution in [0.15, 0.2) is 0 Å². The van der Waals surface area contributed by atoms with Gasteiger partial charge in [-0.3, -0.25) is 0 Å². The van der Waals surface area contributed by atoms with Gasteiger partial charge in [0.1, 0.15) is 0 Å². The Morgan fingerprint density at radius 3 is 1.83 bits per heavy atom. The van der Waals surface area contributed by atoms with Gasteiger partial charge in [0.25, 0.3) is 0 Å². The van der Waals surface area contributed by atoms with Crippen molar-refractivity contribution >= 4 is 8.80 Å². The average molecular weight is 100 g/mol. The summed E-state index contributed by atoms with van der Waals surface area (Å²) in [4.78, 5) is 0. The number of rotatable bonds is 1. The largest absolute Gasteiger partial charge is 0.0720 e. The van der Waals surface area contributed by atoms with E-state index in [2.05, 4.69) is 13.1 Å². The number of hydrogen-bond donors (Lipinski definition) is 0. The summed E-state index contributed by atoms with van der Waals surface area (Å²) in [5.74, 6) is 0. The molecule has 0 aliphatic heterocycles. The molecule has 0 amide bonds. The molecule has 0 atom stereocenters.